The van der Waals surface area contributed by atoms with Crippen molar-refractivity contribution in [3.8, 4) is 0 Å². The van der Waals surface area contributed by atoms with Gasteiger partial charge in [0.2, 0.25) is 5.91 Å². The van der Waals surface area contributed by atoms with E-state index in [2.05, 4.69) is 5.32 Å². The molecule has 0 spiro atoms. The van der Waals surface area contributed by atoms with Crippen molar-refractivity contribution in [2.75, 3.05) is 18.9 Å². The fraction of sp³-hybridized carbons (Fsp3) is 0.200. The number of nitrogens with one attached hydrogen (secondary N) is 1. The van der Waals surface area contributed by atoms with Gasteiger partial charge in [-0.2, -0.15) is 0 Å². The fourth-order valence-corrected chi connectivity index (χ4v) is 1.83. The second-order valence-electron chi connectivity index (χ2n) is 4.61. The van der Waals surface area contributed by atoms with Gasteiger partial charge in [-0.05, 0) is 37.3 Å². The molecule has 0 bridgehead atoms. The van der Waals surface area contributed by atoms with Crippen LogP contribution in [0.1, 0.15) is 16.1 Å². The second-order valence-corrected chi connectivity index (χ2v) is 4.61. The third-order valence-corrected chi connectivity index (χ3v) is 2.94. The molecule has 1 aromatic heterocycles. The van der Waals surface area contributed by atoms with E-state index >= 15 is 0 Å². The molecule has 2 aromatic rings. The van der Waals surface area contributed by atoms with E-state index in [1.54, 1.807) is 13.0 Å². The van der Waals surface area contributed by atoms with Crippen LogP contribution in [0.25, 0.3) is 0 Å². The molecule has 110 valence electrons. The van der Waals surface area contributed by atoms with Gasteiger partial charge in [0.1, 0.15) is 11.6 Å². The van der Waals surface area contributed by atoms with Crippen LogP contribution in [-0.2, 0) is 4.79 Å². The number of halogens is 1. The monoisotopic (exact) mass is 290 g/mol. The maximum atomic E-state index is 12.8. The van der Waals surface area contributed by atoms with Crippen LogP contribution in [0.3, 0.4) is 0 Å². The van der Waals surface area contributed by atoms with Gasteiger partial charge in [0.15, 0.2) is 0 Å². The van der Waals surface area contributed by atoms with Crippen molar-refractivity contribution >= 4 is 17.5 Å². The lowest BCUT2D eigenvalue weighted by Gasteiger charge is -2.16. The molecule has 1 N–H and O–H groups in total. The Morgan fingerprint density at radius 1 is 1.24 bits per heavy atom. The van der Waals surface area contributed by atoms with Crippen molar-refractivity contribution in [2.24, 2.45) is 0 Å². The van der Waals surface area contributed by atoms with E-state index in [1.165, 1.54) is 42.5 Å². The number of benzene rings is 1. The predicted molar refractivity (Wildman–Crippen MR) is 75.4 cm³/mol. The van der Waals surface area contributed by atoms with E-state index in [0.29, 0.717) is 17.0 Å². The third-order valence-electron chi connectivity index (χ3n) is 2.94. The molecule has 0 atom stereocenters. The molecule has 0 aliphatic carbocycles. The summed E-state index contributed by atoms with van der Waals surface area (Å²) in [5, 5.41) is 2.59. The first-order chi connectivity index (χ1) is 9.97. The smallest absolute Gasteiger partial charge is 0.257 e. The summed E-state index contributed by atoms with van der Waals surface area (Å²) in [6.07, 6.45) is 1.43. The Morgan fingerprint density at radius 2 is 1.90 bits per heavy atom. The first kappa shape index (κ1) is 14.8. The zero-order valence-electron chi connectivity index (χ0n) is 11.7. The van der Waals surface area contributed by atoms with Gasteiger partial charge in [-0.15, -0.1) is 0 Å². The first-order valence-electron chi connectivity index (χ1n) is 6.32. The molecule has 1 heterocycles. The molecule has 0 radical (unpaired) electrons. The van der Waals surface area contributed by atoms with Crippen LogP contribution < -0.4 is 5.32 Å². The summed E-state index contributed by atoms with van der Waals surface area (Å²) in [6, 6.07) is 6.97. The normalized spacial score (nSPS) is 10.2. The number of aryl methyl sites for hydroxylation is 1. The van der Waals surface area contributed by atoms with Crippen molar-refractivity contribution in [3.63, 3.8) is 0 Å². The zero-order chi connectivity index (χ0) is 15.4. The number of carbonyl (C=O) groups is 2. The minimum Gasteiger partial charge on any atom is -0.469 e. The Balaban J connectivity index is 1.94. The maximum Gasteiger partial charge on any atom is 0.257 e. The number of hydrogen-bond acceptors (Lipinski definition) is 3. The van der Waals surface area contributed by atoms with Crippen LogP contribution in [0.2, 0.25) is 0 Å². The molecule has 0 fully saturated rings. The summed E-state index contributed by atoms with van der Waals surface area (Å²) in [5.41, 5.74) is 0.897. The molecule has 1 aromatic carbocycles. The van der Waals surface area contributed by atoms with E-state index in [1.807, 2.05) is 0 Å². The molecule has 21 heavy (non-hydrogen) atoms. The molecule has 2 rings (SSSR count). The van der Waals surface area contributed by atoms with E-state index < -0.39 is 0 Å². The van der Waals surface area contributed by atoms with Crippen LogP contribution in [0.4, 0.5) is 10.1 Å². The summed E-state index contributed by atoms with van der Waals surface area (Å²) >= 11 is 0. The van der Waals surface area contributed by atoms with Crippen molar-refractivity contribution in [3.05, 3.63) is 53.7 Å². The van der Waals surface area contributed by atoms with Crippen LogP contribution in [0.5, 0.6) is 0 Å². The number of rotatable bonds is 4. The molecule has 6 heteroatoms. The van der Waals surface area contributed by atoms with Crippen LogP contribution in [-0.4, -0.2) is 30.3 Å². The number of hydrogen-bond donors (Lipinski definition) is 1. The standard InChI is InChI=1S/C15H15FN2O3/c1-10-13(7-8-21-10)15(20)18(2)9-14(19)17-12-5-3-11(16)4-6-12/h3-8H,9H2,1-2H3,(H,17,19). The summed E-state index contributed by atoms with van der Waals surface area (Å²) in [4.78, 5) is 25.2. The number of nitrogens with zero attached hydrogens (tertiary/aromatic N) is 1. The lowest BCUT2D eigenvalue weighted by molar-refractivity contribution is -0.116. The van der Waals surface area contributed by atoms with E-state index in [-0.39, 0.29) is 24.2 Å². The van der Waals surface area contributed by atoms with Gasteiger partial charge in [-0.3, -0.25) is 9.59 Å². The topological polar surface area (TPSA) is 62.6 Å². The van der Waals surface area contributed by atoms with E-state index in [4.69, 9.17) is 4.42 Å². The van der Waals surface area contributed by atoms with Crippen molar-refractivity contribution < 1.29 is 18.4 Å². The Labute approximate surface area is 121 Å². The number of anilines is 1. The SMILES string of the molecule is Cc1occc1C(=O)N(C)CC(=O)Nc1ccc(F)cc1. The minimum absolute atomic E-state index is 0.110. The van der Waals surface area contributed by atoms with Crippen LogP contribution in [0.15, 0.2) is 41.0 Å². The second kappa shape index (κ2) is 6.21. The number of furan rings is 1. The largest absolute Gasteiger partial charge is 0.469 e. The van der Waals surface area contributed by atoms with Crippen molar-refractivity contribution in [1.82, 2.24) is 4.90 Å². The van der Waals surface area contributed by atoms with Gasteiger partial charge in [-0.25, -0.2) is 4.39 Å². The summed E-state index contributed by atoms with van der Waals surface area (Å²) in [5.74, 6) is -0.532. The third kappa shape index (κ3) is 3.68. The van der Waals surface area contributed by atoms with Gasteiger partial charge < -0.3 is 14.6 Å². The highest BCUT2D eigenvalue weighted by atomic mass is 19.1. The molecule has 2 amide bonds. The van der Waals surface area contributed by atoms with Gasteiger partial charge in [0.25, 0.3) is 5.91 Å². The zero-order valence-corrected chi connectivity index (χ0v) is 11.7. The molecule has 0 saturated heterocycles. The maximum absolute atomic E-state index is 12.8. The number of amides is 2. The Hall–Kier alpha value is -2.63. The van der Waals surface area contributed by atoms with Crippen molar-refractivity contribution in [1.29, 1.82) is 0 Å². The average Bonchev–Trinajstić information content (AvgIpc) is 2.86. The molecule has 0 aliphatic heterocycles. The Bertz CT molecular complexity index is 649. The summed E-state index contributed by atoms with van der Waals surface area (Å²) in [7, 11) is 1.53. The van der Waals surface area contributed by atoms with Gasteiger partial charge >= 0.3 is 0 Å². The fourth-order valence-electron chi connectivity index (χ4n) is 1.83. The van der Waals surface area contributed by atoms with Gasteiger partial charge in [-0.1, -0.05) is 0 Å². The van der Waals surface area contributed by atoms with E-state index in [9.17, 15) is 14.0 Å². The highest BCUT2D eigenvalue weighted by molar-refractivity contribution is 5.99. The molecular weight excluding hydrogens is 275 g/mol. The Morgan fingerprint density at radius 3 is 2.48 bits per heavy atom. The van der Waals surface area contributed by atoms with Gasteiger partial charge in [0.05, 0.1) is 18.4 Å². The molecular formula is C15H15FN2O3. The molecule has 0 unspecified atom stereocenters. The van der Waals surface area contributed by atoms with Crippen LogP contribution >= 0.6 is 0 Å². The summed E-state index contributed by atoms with van der Waals surface area (Å²) in [6.45, 7) is 1.57. The molecule has 5 nitrogen and oxygen atoms in total. The lowest BCUT2D eigenvalue weighted by atomic mass is 10.2. The molecule has 0 aliphatic rings. The average molecular weight is 290 g/mol. The van der Waals surface area contributed by atoms with Gasteiger partial charge in [0, 0.05) is 12.7 Å². The van der Waals surface area contributed by atoms with Crippen LogP contribution in [0, 0.1) is 12.7 Å². The predicted octanol–water partition coefficient (Wildman–Crippen LogP) is 2.44. The lowest BCUT2D eigenvalue weighted by Crippen LogP contribution is -2.35. The first-order valence-corrected chi connectivity index (χ1v) is 6.32. The highest BCUT2D eigenvalue weighted by Gasteiger charge is 2.18. The van der Waals surface area contributed by atoms with Crippen molar-refractivity contribution in [2.45, 2.75) is 6.92 Å². The molecule has 0 saturated carbocycles. The minimum atomic E-state index is -0.379. The number of carbonyl (C=O) groups excluding carboxylic acids is 2. The quantitative estimate of drug-likeness (QED) is 0.940. The summed E-state index contributed by atoms with van der Waals surface area (Å²) < 4.78 is 17.8. The van der Waals surface area contributed by atoms with E-state index in [0.717, 1.165) is 0 Å². The highest BCUT2D eigenvalue weighted by Crippen LogP contribution is 2.12. The number of likely N-dealkylation sites (N-methyl/N-ethyl adjacent to an activating group) is 1. The Kier molecular flexibility index (Phi) is 4.37.